The van der Waals surface area contributed by atoms with Gasteiger partial charge in [-0.1, -0.05) is 19.3 Å². The van der Waals surface area contributed by atoms with E-state index < -0.39 is 0 Å². The highest BCUT2D eigenvalue weighted by Crippen LogP contribution is 2.31. The Labute approximate surface area is 148 Å². The van der Waals surface area contributed by atoms with Crippen LogP contribution in [0.1, 0.15) is 44.9 Å². The molecule has 0 radical (unpaired) electrons. The Balaban J connectivity index is 2.10. The largest absolute Gasteiger partial charge is 0.396 e. The molecule has 24 heavy (non-hydrogen) atoms. The van der Waals surface area contributed by atoms with Crippen molar-refractivity contribution >= 4 is 5.96 Å². The normalized spacial score (nSPS) is 21.5. The maximum atomic E-state index is 9.27. The second-order valence-electron chi connectivity index (χ2n) is 7.20. The van der Waals surface area contributed by atoms with Crippen LogP contribution in [-0.2, 0) is 4.74 Å². The number of aliphatic hydroxyl groups excluding tert-OH is 1. The summed E-state index contributed by atoms with van der Waals surface area (Å²) in [5, 5.41) is 16.1. The Bertz CT molecular complexity index is 342. The predicted molar refractivity (Wildman–Crippen MR) is 101 cm³/mol. The Morgan fingerprint density at radius 1 is 1.17 bits per heavy atom. The van der Waals surface area contributed by atoms with Crippen molar-refractivity contribution in [2.75, 3.05) is 60.6 Å². The summed E-state index contributed by atoms with van der Waals surface area (Å²) >= 11 is 0. The van der Waals surface area contributed by atoms with Crippen molar-refractivity contribution in [1.82, 2.24) is 15.5 Å². The molecule has 1 rings (SSSR count). The van der Waals surface area contributed by atoms with Crippen molar-refractivity contribution in [3.05, 3.63) is 0 Å². The molecule has 3 N–H and O–H groups in total. The van der Waals surface area contributed by atoms with Gasteiger partial charge in [0.2, 0.25) is 0 Å². The van der Waals surface area contributed by atoms with Gasteiger partial charge in [-0.25, -0.2) is 0 Å². The highest BCUT2D eigenvalue weighted by atomic mass is 16.5. The quantitative estimate of drug-likeness (QED) is 0.285. The smallest absolute Gasteiger partial charge is 0.190 e. The number of aliphatic hydroxyl groups is 1. The van der Waals surface area contributed by atoms with Gasteiger partial charge in [-0.3, -0.25) is 4.99 Å². The van der Waals surface area contributed by atoms with Gasteiger partial charge >= 0.3 is 0 Å². The Morgan fingerprint density at radius 3 is 2.54 bits per heavy atom. The molecule has 0 saturated carbocycles. The summed E-state index contributed by atoms with van der Waals surface area (Å²) in [6.45, 7) is 4.68. The molecule has 1 heterocycles. The molecule has 0 bridgehead atoms. The average molecular weight is 343 g/mol. The highest BCUT2D eigenvalue weighted by Gasteiger charge is 2.34. The van der Waals surface area contributed by atoms with Crippen LogP contribution >= 0.6 is 0 Å². The molecule has 1 aliphatic rings. The monoisotopic (exact) mass is 342 g/mol. The van der Waals surface area contributed by atoms with Gasteiger partial charge in [0.1, 0.15) is 0 Å². The fourth-order valence-electron chi connectivity index (χ4n) is 3.09. The lowest BCUT2D eigenvalue weighted by molar-refractivity contribution is 0.127. The third kappa shape index (κ3) is 8.85. The van der Waals surface area contributed by atoms with E-state index in [-0.39, 0.29) is 12.0 Å². The molecule has 0 aromatic heterocycles. The zero-order chi connectivity index (χ0) is 17.7. The molecule has 0 aliphatic carbocycles. The number of nitrogens with zero attached hydrogens (tertiary/aromatic N) is 2. The third-order valence-electron chi connectivity index (χ3n) is 4.76. The lowest BCUT2D eigenvalue weighted by Crippen LogP contribution is -2.44. The number of hydrogen-bond donors (Lipinski definition) is 3. The van der Waals surface area contributed by atoms with E-state index >= 15 is 0 Å². The van der Waals surface area contributed by atoms with Gasteiger partial charge in [0.05, 0.1) is 6.61 Å². The van der Waals surface area contributed by atoms with E-state index in [1.807, 2.05) is 0 Å². The fraction of sp³-hybridized carbons (Fsp3) is 0.944. The van der Waals surface area contributed by atoms with Crippen molar-refractivity contribution in [1.29, 1.82) is 0 Å². The van der Waals surface area contributed by atoms with E-state index in [0.29, 0.717) is 0 Å². The lowest BCUT2D eigenvalue weighted by Gasteiger charge is -2.27. The first-order chi connectivity index (χ1) is 11.6. The minimum absolute atomic E-state index is 0.0544. The van der Waals surface area contributed by atoms with Crippen molar-refractivity contribution < 1.29 is 9.84 Å². The summed E-state index contributed by atoms with van der Waals surface area (Å²) in [4.78, 5) is 6.54. The van der Waals surface area contributed by atoms with Gasteiger partial charge in [-0.05, 0) is 46.3 Å². The minimum atomic E-state index is 0.0544. The number of guanidine groups is 1. The summed E-state index contributed by atoms with van der Waals surface area (Å²) < 4.78 is 5.52. The van der Waals surface area contributed by atoms with Crippen LogP contribution in [0, 0.1) is 5.41 Å². The molecule has 6 nitrogen and oxygen atoms in total. The minimum Gasteiger partial charge on any atom is -0.396 e. The SMILES string of the molecule is CN=C(NCCCCCCCN(C)C)NCC1(CCO)CCOC1. The van der Waals surface area contributed by atoms with E-state index in [9.17, 15) is 5.11 Å². The molecule has 0 aromatic rings. The Kier molecular flexibility index (Phi) is 11.0. The standard InChI is InChI=1S/C18H38N4O2/c1-19-17(20-11-7-5-4-6-8-12-22(2)3)21-15-18(9-13-23)10-14-24-16-18/h23H,4-16H2,1-3H3,(H2,19,20,21). The molecular formula is C18H38N4O2. The number of nitrogens with one attached hydrogen (secondary N) is 2. The zero-order valence-electron chi connectivity index (χ0n) is 15.9. The van der Waals surface area contributed by atoms with Gasteiger partial charge in [-0.2, -0.15) is 0 Å². The molecule has 0 aromatic carbocycles. The van der Waals surface area contributed by atoms with Gasteiger partial charge < -0.3 is 25.4 Å². The van der Waals surface area contributed by atoms with Crippen molar-refractivity contribution in [2.45, 2.75) is 44.9 Å². The van der Waals surface area contributed by atoms with Crippen LogP contribution in [0.5, 0.6) is 0 Å². The molecule has 6 heteroatoms. The molecule has 0 spiro atoms. The van der Waals surface area contributed by atoms with Crippen LogP contribution in [0.3, 0.4) is 0 Å². The molecule has 1 saturated heterocycles. The van der Waals surface area contributed by atoms with Gasteiger partial charge in [0.25, 0.3) is 0 Å². The van der Waals surface area contributed by atoms with Gasteiger partial charge in [0.15, 0.2) is 5.96 Å². The predicted octanol–water partition coefficient (Wildman–Crippen LogP) is 1.45. The van der Waals surface area contributed by atoms with Crippen LogP contribution in [0.4, 0.5) is 0 Å². The van der Waals surface area contributed by atoms with Gasteiger partial charge in [-0.15, -0.1) is 0 Å². The first kappa shape index (κ1) is 21.2. The third-order valence-corrected chi connectivity index (χ3v) is 4.76. The molecule has 1 aliphatic heterocycles. The van der Waals surface area contributed by atoms with Crippen LogP contribution < -0.4 is 10.6 Å². The van der Waals surface area contributed by atoms with Crippen molar-refractivity contribution in [3.8, 4) is 0 Å². The maximum absolute atomic E-state index is 9.27. The summed E-state index contributed by atoms with van der Waals surface area (Å²) in [6.07, 6.45) is 8.13. The first-order valence-electron chi connectivity index (χ1n) is 9.40. The summed E-state index contributed by atoms with van der Waals surface area (Å²) in [5.74, 6) is 0.854. The highest BCUT2D eigenvalue weighted by molar-refractivity contribution is 5.79. The summed E-state index contributed by atoms with van der Waals surface area (Å²) in [6, 6.07) is 0. The zero-order valence-corrected chi connectivity index (χ0v) is 15.9. The molecule has 0 amide bonds. The van der Waals surface area contributed by atoms with Crippen molar-refractivity contribution in [3.63, 3.8) is 0 Å². The Morgan fingerprint density at radius 2 is 1.92 bits per heavy atom. The van der Waals surface area contributed by atoms with Crippen LogP contribution in [-0.4, -0.2) is 76.6 Å². The molecule has 142 valence electrons. The first-order valence-corrected chi connectivity index (χ1v) is 9.40. The second-order valence-corrected chi connectivity index (χ2v) is 7.20. The molecule has 1 unspecified atom stereocenters. The van der Waals surface area contributed by atoms with Gasteiger partial charge in [0, 0.05) is 38.8 Å². The fourth-order valence-corrected chi connectivity index (χ4v) is 3.09. The topological polar surface area (TPSA) is 69.1 Å². The lowest BCUT2D eigenvalue weighted by atomic mass is 9.84. The Hall–Kier alpha value is -0.850. The summed E-state index contributed by atoms with van der Waals surface area (Å²) in [7, 11) is 6.07. The average Bonchev–Trinajstić information content (AvgIpc) is 3.01. The van der Waals surface area contributed by atoms with E-state index in [1.165, 1.54) is 38.6 Å². The van der Waals surface area contributed by atoms with Crippen LogP contribution in [0.15, 0.2) is 4.99 Å². The molecule has 1 fully saturated rings. The van der Waals surface area contributed by atoms with Crippen LogP contribution in [0.25, 0.3) is 0 Å². The van der Waals surface area contributed by atoms with Crippen molar-refractivity contribution in [2.24, 2.45) is 10.4 Å². The second kappa shape index (κ2) is 12.5. The van der Waals surface area contributed by atoms with Crippen LogP contribution in [0.2, 0.25) is 0 Å². The summed E-state index contributed by atoms with van der Waals surface area (Å²) in [5.41, 5.74) is 0.0544. The van der Waals surface area contributed by atoms with E-state index in [4.69, 9.17) is 4.74 Å². The number of rotatable bonds is 12. The number of hydrogen-bond acceptors (Lipinski definition) is 4. The number of unbranched alkanes of at least 4 members (excludes halogenated alkanes) is 4. The van der Waals surface area contributed by atoms with E-state index in [0.717, 1.165) is 45.1 Å². The molecular weight excluding hydrogens is 304 g/mol. The maximum Gasteiger partial charge on any atom is 0.190 e. The molecule has 1 atom stereocenters. The van der Waals surface area contributed by atoms with E-state index in [2.05, 4.69) is 34.6 Å². The van der Waals surface area contributed by atoms with E-state index in [1.54, 1.807) is 7.05 Å². The number of ether oxygens (including phenoxy) is 1. The number of aliphatic imine (C=N–C) groups is 1.